The molecule has 0 aliphatic heterocycles. The predicted molar refractivity (Wildman–Crippen MR) is 98.3 cm³/mol. The lowest BCUT2D eigenvalue weighted by Gasteiger charge is -2.40. The number of quaternary nitrogens is 2. The summed E-state index contributed by atoms with van der Waals surface area (Å²) in [4.78, 5) is 0. The number of benzene rings is 1. The third kappa shape index (κ3) is 4.15. The van der Waals surface area contributed by atoms with Gasteiger partial charge in [-0.25, -0.2) is 0 Å². The van der Waals surface area contributed by atoms with Crippen molar-refractivity contribution in [1.29, 1.82) is 0 Å². The van der Waals surface area contributed by atoms with Crippen LogP contribution in [0.5, 0.6) is 0 Å². The Morgan fingerprint density at radius 2 is 1.52 bits per heavy atom. The molecule has 3 nitrogen and oxygen atoms in total. The van der Waals surface area contributed by atoms with Gasteiger partial charge in [0.25, 0.3) is 0 Å². The van der Waals surface area contributed by atoms with E-state index in [1.807, 2.05) is 6.07 Å². The SMILES string of the molecule is CC[N+](CC)(CC)CC[N@+](C)(CC)Cc1cc2ccccc2o1. The summed E-state index contributed by atoms with van der Waals surface area (Å²) in [5, 5.41) is 1.21. The van der Waals surface area contributed by atoms with Gasteiger partial charge in [-0.2, -0.15) is 0 Å². The van der Waals surface area contributed by atoms with Gasteiger partial charge in [-0.1, -0.05) is 18.2 Å². The Labute approximate surface area is 141 Å². The van der Waals surface area contributed by atoms with Crippen LogP contribution in [0.3, 0.4) is 0 Å². The highest BCUT2D eigenvalue weighted by Gasteiger charge is 2.29. The quantitative estimate of drug-likeness (QED) is 0.629. The van der Waals surface area contributed by atoms with E-state index in [0.717, 1.165) is 28.9 Å². The van der Waals surface area contributed by atoms with Crippen molar-refractivity contribution in [2.75, 3.05) is 46.3 Å². The van der Waals surface area contributed by atoms with Crippen LogP contribution in [0.2, 0.25) is 0 Å². The van der Waals surface area contributed by atoms with Crippen molar-refractivity contribution < 1.29 is 13.4 Å². The molecule has 1 heterocycles. The maximum Gasteiger partial charge on any atom is 0.159 e. The third-order valence-corrected chi connectivity index (χ3v) is 5.90. The Balaban J connectivity index is 2.10. The first kappa shape index (κ1) is 18.0. The van der Waals surface area contributed by atoms with E-state index >= 15 is 0 Å². The van der Waals surface area contributed by atoms with E-state index in [2.05, 4.69) is 59.0 Å². The maximum atomic E-state index is 6.06. The molecule has 1 aromatic heterocycles. The molecule has 3 heteroatoms. The Morgan fingerprint density at radius 3 is 2.09 bits per heavy atom. The molecule has 0 N–H and O–H groups in total. The molecule has 0 bridgehead atoms. The molecule has 0 unspecified atom stereocenters. The van der Waals surface area contributed by atoms with Crippen LogP contribution >= 0.6 is 0 Å². The zero-order valence-electron chi connectivity index (χ0n) is 15.6. The highest BCUT2D eigenvalue weighted by molar-refractivity contribution is 5.77. The Kier molecular flexibility index (Phi) is 5.88. The minimum Gasteiger partial charge on any atom is -0.455 e. The van der Waals surface area contributed by atoms with Crippen molar-refractivity contribution in [3.05, 3.63) is 36.1 Å². The molecule has 2 rings (SSSR count). The van der Waals surface area contributed by atoms with Gasteiger partial charge in [0.05, 0.1) is 33.2 Å². The van der Waals surface area contributed by atoms with Crippen LogP contribution in [0.15, 0.2) is 34.7 Å². The topological polar surface area (TPSA) is 13.1 Å². The van der Waals surface area contributed by atoms with E-state index in [-0.39, 0.29) is 0 Å². The van der Waals surface area contributed by atoms with E-state index in [4.69, 9.17) is 4.42 Å². The maximum absolute atomic E-state index is 6.06. The van der Waals surface area contributed by atoms with Crippen molar-refractivity contribution in [2.24, 2.45) is 0 Å². The number of fused-ring (bicyclic) bond motifs is 1. The largest absolute Gasteiger partial charge is 0.455 e. The third-order valence-electron chi connectivity index (χ3n) is 5.90. The average Bonchev–Trinajstić information content (AvgIpc) is 2.98. The first-order valence-electron chi connectivity index (χ1n) is 9.16. The van der Waals surface area contributed by atoms with Crippen LogP contribution in [0.1, 0.15) is 33.5 Å². The second kappa shape index (κ2) is 7.50. The number of hydrogen-bond donors (Lipinski definition) is 0. The monoisotopic (exact) mass is 318 g/mol. The van der Waals surface area contributed by atoms with Crippen LogP contribution in [-0.4, -0.2) is 55.3 Å². The molecule has 0 saturated carbocycles. The minimum atomic E-state index is 0.975. The molecule has 0 aliphatic carbocycles. The molecule has 0 saturated heterocycles. The molecule has 128 valence electrons. The molecular formula is C20H34N2O+2. The zero-order chi connectivity index (χ0) is 16.9. The van der Waals surface area contributed by atoms with Crippen molar-refractivity contribution >= 4 is 11.0 Å². The van der Waals surface area contributed by atoms with Crippen LogP contribution in [0.4, 0.5) is 0 Å². The smallest absolute Gasteiger partial charge is 0.159 e. The number of hydrogen-bond acceptors (Lipinski definition) is 1. The highest BCUT2D eigenvalue weighted by atomic mass is 16.3. The van der Waals surface area contributed by atoms with Gasteiger partial charge in [0.2, 0.25) is 0 Å². The highest BCUT2D eigenvalue weighted by Crippen LogP contribution is 2.22. The minimum absolute atomic E-state index is 0.975. The van der Waals surface area contributed by atoms with Crippen molar-refractivity contribution in [3.8, 4) is 0 Å². The van der Waals surface area contributed by atoms with Gasteiger partial charge >= 0.3 is 0 Å². The van der Waals surface area contributed by atoms with E-state index in [1.54, 1.807) is 0 Å². The average molecular weight is 319 g/mol. The number of rotatable bonds is 9. The summed E-state index contributed by atoms with van der Waals surface area (Å²) in [5.41, 5.74) is 1.01. The van der Waals surface area contributed by atoms with Crippen LogP contribution < -0.4 is 0 Å². The normalized spacial score (nSPS) is 15.0. The van der Waals surface area contributed by atoms with Crippen molar-refractivity contribution in [3.63, 3.8) is 0 Å². The molecule has 0 spiro atoms. The summed E-state index contributed by atoms with van der Waals surface area (Å²) in [6, 6.07) is 10.5. The fourth-order valence-electron chi connectivity index (χ4n) is 3.44. The van der Waals surface area contributed by atoms with Gasteiger partial charge in [-0.3, -0.25) is 0 Å². The molecule has 23 heavy (non-hydrogen) atoms. The Hall–Kier alpha value is -1.32. The van der Waals surface area contributed by atoms with Crippen LogP contribution in [0.25, 0.3) is 11.0 Å². The number of furan rings is 1. The van der Waals surface area contributed by atoms with Gasteiger partial charge in [0.1, 0.15) is 25.2 Å². The summed E-state index contributed by atoms with van der Waals surface area (Å²) in [6.45, 7) is 17.5. The molecule has 0 amide bonds. The van der Waals surface area contributed by atoms with Crippen LogP contribution in [-0.2, 0) is 6.54 Å². The Bertz CT molecular complexity index is 574. The van der Waals surface area contributed by atoms with Crippen LogP contribution in [0, 0.1) is 0 Å². The van der Waals surface area contributed by atoms with E-state index < -0.39 is 0 Å². The summed E-state index contributed by atoms with van der Waals surface area (Å²) >= 11 is 0. The van der Waals surface area contributed by atoms with Crippen molar-refractivity contribution in [2.45, 2.75) is 34.2 Å². The summed E-state index contributed by atoms with van der Waals surface area (Å²) < 4.78 is 8.31. The second-order valence-corrected chi connectivity index (χ2v) is 7.08. The molecule has 1 atom stereocenters. The molecule has 0 radical (unpaired) electrons. The fraction of sp³-hybridized carbons (Fsp3) is 0.600. The molecular weight excluding hydrogens is 284 g/mol. The van der Waals surface area contributed by atoms with Gasteiger partial charge in [-0.05, 0) is 39.8 Å². The molecule has 0 aliphatic rings. The van der Waals surface area contributed by atoms with Gasteiger partial charge in [0, 0.05) is 5.39 Å². The summed E-state index contributed by atoms with van der Waals surface area (Å²) in [6.07, 6.45) is 0. The number of nitrogens with zero attached hydrogens (tertiary/aromatic N) is 2. The first-order valence-corrected chi connectivity index (χ1v) is 9.16. The summed E-state index contributed by atoms with van der Waals surface area (Å²) in [5.74, 6) is 1.11. The van der Waals surface area contributed by atoms with E-state index in [1.165, 1.54) is 42.6 Å². The number of para-hydroxylation sites is 1. The first-order chi connectivity index (χ1) is 11.0. The standard InChI is InChI=1S/C20H34N2O/c1-6-21(5,14-15-22(7-2,8-3)9-4)17-19-16-18-12-10-11-13-20(18)23-19/h10-13,16H,6-9,14-15,17H2,1-5H3/q+2/t21-/m0/s1. The lowest BCUT2D eigenvalue weighted by molar-refractivity contribution is -0.976. The lowest BCUT2D eigenvalue weighted by atomic mass is 10.2. The van der Waals surface area contributed by atoms with E-state index in [0.29, 0.717) is 0 Å². The summed E-state index contributed by atoms with van der Waals surface area (Å²) in [7, 11) is 2.36. The van der Waals surface area contributed by atoms with E-state index in [9.17, 15) is 0 Å². The van der Waals surface area contributed by atoms with Gasteiger partial charge in [-0.15, -0.1) is 0 Å². The fourth-order valence-corrected chi connectivity index (χ4v) is 3.44. The second-order valence-electron chi connectivity index (χ2n) is 7.08. The predicted octanol–water partition coefficient (Wildman–Crippen LogP) is 4.28. The zero-order valence-corrected chi connectivity index (χ0v) is 15.6. The number of likely N-dealkylation sites (N-methyl/N-ethyl adjacent to an activating group) is 2. The molecule has 2 aromatic rings. The van der Waals surface area contributed by atoms with Crippen molar-refractivity contribution in [1.82, 2.24) is 0 Å². The lowest BCUT2D eigenvalue weighted by Crippen LogP contribution is -2.55. The Morgan fingerprint density at radius 1 is 0.870 bits per heavy atom. The van der Waals surface area contributed by atoms with Gasteiger partial charge < -0.3 is 13.4 Å². The molecule has 1 aromatic carbocycles. The van der Waals surface area contributed by atoms with Gasteiger partial charge in [0.15, 0.2) is 5.76 Å². The molecule has 0 fully saturated rings.